The number of para-hydroxylation sites is 1. The number of hydrazone groups is 1. The van der Waals surface area contributed by atoms with E-state index in [4.69, 9.17) is 4.74 Å². The molecular formula is C25H24N3O3+. The van der Waals surface area contributed by atoms with Crippen molar-refractivity contribution in [1.82, 2.24) is 10.7 Å². The zero-order valence-electron chi connectivity index (χ0n) is 17.4. The first-order valence-corrected chi connectivity index (χ1v) is 10.1. The number of carbonyl (C=O) groups is 2. The molecule has 1 aliphatic rings. The molecule has 156 valence electrons. The molecule has 2 amide bonds. The van der Waals surface area contributed by atoms with E-state index in [9.17, 15) is 9.59 Å². The van der Waals surface area contributed by atoms with Crippen LogP contribution in [0.4, 0.5) is 0 Å². The quantitative estimate of drug-likeness (QED) is 0.631. The maximum atomic E-state index is 12.9. The van der Waals surface area contributed by atoms with Gasteiger partial charge in [-0.2, -0.15) is 0 Å². The maximum Gasteiger partial charge on any atom is 0.304 e. The van der Waals surface area contributed by atoms with E-state index in [0.29, 0.717) is 11.3 Å². The summed E-state index contributed by atoms with van der Waals surface area (Å²) in [7, 11) is 1.61. The Morgan fingerprint density at radius 1 is 1.03 bits per heavy atom. The van der Waals surface area contributed by atoms with Crippen molar-refractivity contribution < 1.29 is 19.0 Å². The predicted octanol–water partition coefficient (Wildman–Crippen LogP) is 3.02. The second-order valence-corrected chi connectivity index (χ2v) is 7.43. The molecular weight excluding hydrogens is 390 g/mol. The van der Waals surface area contributed by atoms with Crippen LogP contribution in [-0.2, 0) is 4.79 Å². The summed E-state index contributed by atoms with van der Waals surface area (Å²) >= 11 is 0. The molecule has 2 atom stereocenters. The van der Waals surface area contributed by atoms with Gasteiger partial charge in [0.05, 0.1) is 12.7 Å². The Balaban J connectivity index is 1.72. The van der Waals surface area contributed by atoms with Gasteiger partial charge in [-0.15, -0.1) is 10.1 Å². The number of methoxy groups -OCH3 is 1. The number of ether oxygens (including phenoxy) is 1. The molecule has 1 heterocycles. The summed E-state index contributed by atoms with van der Waals surface area (Å²) in [5, 5.41) is 2.92. The van der Waals surface area contributed by atoms with E-state index in [-0.39, 0.29) is 11.8 Å². The monoisotopic (exact) mass is 414 g/mol. The van der Waals surface area contributed by atoms with Crippen molar-refractivity contribution in [2.24, 2.45) is 0 Å². The van der Waals surface area contributed by atoms with E-state index in [0.717, 1.165) is 16.7 Å². The topological polar surface area (TPSA) is 70.4 Å². The van der Waals surface area contributed by atoms with Crippen molar-refractivity contribution in [3.63, 3.8) is 0 Å². The van der Waals surface area contributed by atoms with E-state index in [2.05, 4.69) is 10.7 Å². The molecule has 0 aliphatic carbocycles. The molecule has 0 aromatic heterocycles. The largest absolute Gasteiger partial charge is 0.496 e. The number of amides is 2. The van der Waals surface area contributed by atoms with Gasteiger partial charge in [-0.3, -0.25) is 9.59 Å². The Morgan fingerprint density at radius 3 is 2.52 bits per heavy atom. The summed E-state index contributed by atoms with van der Waals surface area (Å²) in [5.41, 5.74) is 6.11. The van der Waals surface area contributed by atoms with E-state index in [1.165, 1.54) is 0 Å². The van der Waals surface area contributed by atoms with Gasteiger partial charge in [-0.1, -0.05) is 60.2 Å². The Hall–Kier alpha value is -3.93. The van der Waals surface area contributed by atoms with E-state index in [1.807, 2.05) is 79.9 Å². The minimum atomic E-state index is -0.763. The van der Waals surface area contributed by atoms with Crippen LogP contribution in [0.5, 0.6) is 5.75 Å². The lowest BCUT2D eigenvalue weighted by Crippen LogP contribution is -2.42. The smallest absolute Gasteiger partial charge is 0.304 e. The molecule has 0 spiro atoms. The normalized spacial score (nSPS) is 19.2. The van der Waals surface area contributed by atoms with Gasteiger partial charge in [-0.25, -0.2) is 0 Å². The summed E-state index contributed by atoms with van der Waals surface area (Å²) in [4.78, 5) is 25.8. The van der Waals surface area contributed by atoms with Gasteiger partial charge in [0.1, 0.15) is 5.75 Å². The minimum absolute atomic E-state index is 0.277. The summed E-state index contributed by atoms with van der Waals surface area (Å²) < 4.78 is 7.18. The molecule has 1 saturated heterocycles. The van der Waals surface area contributed by atoms with Crippen LogP contribution in [0.2, 0.25) is 0 Å². The summed E-state index contributed by atoms with van der Waals surface area (Å²) in [6.45, 7) is 1.93. The van der Waals surface area contributed by atoms with E-state index in [1.54, 1.807) is 23.9 Å². The lowest BCUT2D eigenvalue weighted by Gasteiger charge is -2.15. The number of nitrogens with zero attached hydrogens (tertiary/aromatic N) is 1. The summed E-state index contributed by atoms with van der Waals surface area (Å²) in [6, 6.07) is 23.3. The Kier molecular flexibility index (Phi) is 5.80. The lowest BCUT2D eigenvalue weighted by atomic mass is 9.99. The average molecular weight is 414 g/mol. The number of hydrogen-bond acceptors (Lipinski definition) is 3. The minimum Gasteiger partial charge on any atom is -0.496 e. The fraction of sp³-hybridized carbons (Fsp3) is 0.160. The highest BCUT2D eigenvalue weighted by Crippen LogP contribution is 2.26. The van der Waals surface area contributed by atoms with Crippen molar-refractivity contribution >= 4 is 18.0 Å². The molecule has 6 nitrogen and oxygen atoms in total. The van der Waals surface area contributed by atoms with Crippen LogP contribution in [0.1, 0.15) is 33.1 Å². The number of rotatable bonds is 5. The van der Waals surface area contributed by atoms with Crippen molar-refractivity contribution in [2.45, 2.75) is 19.0 Å². The van der Waals surface area contributed by atoms with Crippen LogP contribution in [0.25, 0.3) is 0 Å². The zero-order valence-corrected chi connectivity index (χ0v) is 17.4. The summed E-state index contributed by atoms with van der Waals surface area (Å²) in [6.07, 6.45) is 1.83. The van der Waals surface area contributed by atoms with Gasteiger partial charge in [0.15, 0.2) is 6.04 Å². The molecule has 31 heavy (non-hydrogen) atoms. The van der Waals surface area contributed by atoms with Crippen LogP contribution in [0, 0.1) is 6.92 Å². The molecule has 4 rings (SSSR count). The third kappa shape index (κ3) is 4.33. The number of aryl methyl sites for hydroxylation is 1. The number of benzene rings is 3. The first kappa shape index (κ1) is 20.3. The fourth-order valence-corrected chi connectivity index (χ4v) is 3.76. The van der Waals surface area contributed by atoms with Gasteiger partial charge in [0, 0.05) is 11.1 Å². The molecule has 3 aromatic carbocycles. The molecule has 1 aliphatic heterocycles. The highest BCUT2D eigenvalue weighted by atomic mass is 16.5. The summed E-state index contributed by atoms with van der Waals surface area (Å²) in [5.74, 6) is 0.126. The third-order valence-electron chi connectivity index (χ3n) is 5.26. The van der Waals surface area contributed by atoms with Crippen LogP contribution in [0.3, 0.4) is 0 Å². The number of hydrogen-bond donors (Lipinski definition) is 2. The van der Waals surface area contributed by atoms with E-state index < -0.39 is 12.1 Å². The molecule has 0 unspecified atom stereocenters. The van der Waals surface area contributed by atoms with Crippen molar-refractivity contribution in [3.8, 4) is 5.75 Å². The van der Waals surface area contributed by atoms with Gasteiger partial charge in [0.2, 0.25) is 12.3 Å². The van der Waals surface area contributed by atoms with Gasteiger partial charge >= 0.3 is 5.91 Å². The van der Waals surface area contributed by atoms with Crippen molar-refractivity contribution in [3.05, 3.63) is 101 Å². The SMILES string of the molecule is COc1ccccc1/C=[N+]1\NC(=O)[C@H](NC(=O)c2cccc(C)c2)[C@@H]1c1ccccc1. The van der Waals surface area contributed by atoms with Gasteiger partial charge in [0.25, 0.3) is 5.91 Å². The molecule has 2 N–H and O–H groups in total. The second-order valence-electron chi connectivity index (χ2n) is 7.43. The van der Waals surface area contributed by atoms with Crippen LogP contribution in [0.15, 0.2) is 78.9 Å². The first-order chi connectivity index (χ1) is 15.1. The molecule has 6 heteroatoms. The highest BCUT2D eigenvalue weighted by Gasteiger charge is 2.47. The molecule has 0 radical (unpaired) electrons. The zero-order chi connectivity index (χ0) is 21.8. The van der Waals surface area contributed by atoms with Crippen LogP contribution in [-0.4, -0.2) is 35.9 Å². The lowest BCUT2D eigenvalue weighted by molar-refractivity contribution is -0.596. The number of nitrogens with one attached hydrogen (secondary N) is 2. The third-order valence-corrected chi connectivity index (χ3v) is 5.26. The van der Waals surface area contributed by atoms with Crippen molar-refractivity contribution in [2.75, 3.05) is 7.11 Å². The predicted molar refractivity (Wildman–Crippen MR) is 118 cm³/mol. The molecule has 0 saturated carbocycles. The average Bonchev–Trinajstić information content (AvgIpc) is 3.09. The Morgan fingerprint density at radius 2 is 1.77 bits per heavy atom. The van der Waals surface area contributed by atoms with Crippen LogP contribution < -0.4 is 15.5 Å². The maximum absolute atomic E-state index is 12.9. The molecule has 1 fully saturated rings. The van der Waals surface area contributed by atoms with Crippen LogP contribution >= 0.6 is 0 Å². The molecule has 3 aromatic rings. The van der Waals surface area contributed by atoms with E-state index >= 15 is 0 Å². The van der Waals surface area contributed by atoms with Gasteiger partial charge in [-0.05, 0) is 31.2 Å². The first-order valence-electron chi connectivity index (χ1n) is 10.1. The number of hydrazine groups is 1. The fourth-order valence-electron chi connectivity index (χ4n) is 3.76. The Bertz CT molecular complexity index is 1140. The molecule has 0 bridgehead atoms. The second kappa shape index (κ2) is 8.83. The van der Waals surface area contributed by atoms with Gasteiger partial charge < -0.3 is 10.1 Å². The standard InChI is InChI=1S/C25H23N3O3/c1-17-9-8-13-19(15-17)24(29)26-22-23(18-10-4-3-5-11-18)28(27-25(22)30)16-20-12-6-7-14-21(20)31-2/h3-16,22-23H,1-2H3,(H-,26,27,29,30)/p+1/b28-16-/t22-,23+/m1/s1. The van der Waals surface area contributed by atoms with Crippen molar-refractivity contribution in [1.29, 1.82) is 0 Å². The highest BCUT2D eigenvalue weighted by molar-refractivity contribution is 5.98. The Labute approximate surface area is 181 Å². The number of carbonyl (C=O) groups excluding carboxylic acids is 2.